The number of ether oxygens (including phenoxy) is 1. The molecular weight excluding hydrogens is 254 g/mol. The summed E-state index contributed by atoms with van der Waals surface area (Å²) in [6, 6.07) is 7.23. The van der Waals surface area contributed by atoms with Crippen molar-refractivity contribution in [1.29, 1.82) is 5.26 Å². The number of phenolic OH excluding ortho intramolecular Hbond substituents is 1. The molecule has 1 heterocycles. The minimum atomic E-state index is -0.809. The first-order valence-corrected chi connectivity index (χ1v) is 7.00. The molecule has 5 heteroatoms. The van der Waals surface area contributed by atoms with E-state index in [1.165, 1.54) is 0 Å². The Morgan fingerprint density at radius 2 is 2.20 bits per heavy atom. The average Bonchev–Trinajstić information content (AvgIpc) is 2.82. The molecule has 0 spiro atoms. The van der Waals surface area contributed by atoms with Crippen LogP contribution in [0.5, 0.6) is 11.5 Å². The largest absolute Gasteiger partial charge is 0.508 e. The molecule has 2 rings (SSSR count). The predicted octanol–water partition coefficient (Wildman–Crippen LogP) is 1.43. The molecule has 1 atom stereocenters. The van der Waals surface area contributed by atoms with Gasteiger partial charge in [-0.25, -0.2) is 0 Å². The van der Waals surface area contributed by atoms with Crippen LogP contribution >= 0.6 is 0 Å². The first kappa shape index (κ1) is 14.6. The third-order valence-electron chi connectivity index (χ3n) is 3.81. The van der Waals surface area contributed by atoms with Crippen LogP contribution in [0.3, 0.4) is 0 Å². The molecule has 0 radical (unpaired) electrons. The number of likely N-dealkylation sites (N-methyl/N-ethyl adjacent to an activating group) is 1. The molecule has 0 saturated carbocycles. The van der Waals surface area contributed by atoms with Gasteiger partial charge in [0.2, 0.25) is 0 Å². The van der Waals surface area contributed by atoms with Gasteiger partial charge in [0.15, 0.2) is 5.54 Å². The van der Waals surface area contributed by atoms with E-state index in [0.29, 0.717) is 5.75 Å². The van der Waals surface area contributed by atoms with Gasteiger partial charge in [0.1, 0.15) is 18.1 Å². The highest BCUT2D eigenvalue weighted by Crippen LogP contribution is 2.38. The van der Waals surface area contributed by atoms with E-state index in [-0.39, 0.29) is 12.4 Å². The molecule has 0 aromatic heterocycles. The van der Waals surface area contributed by atoms with Crippen molar-refractivity contribution in [2.75, 3.05) is 32.8 Å². The zero-order valence-electron chi connectivity index (χ0n) is 12.0. The van der Waals surface area contributed by atoms with Crippen LogP contribution in [0.2, 0.25) is 0 Å². The number of aromatic hydroxyl groups is 1. The van der Waals surface area contributed by atoms with E-state index in [9.17, 15) is 10.4 Å². The van der Waals surface area contributed by atoms with Crippen LogP contribution in [-0.4, -0.2) is 42.8 Å². The van der Waals surface area contributed by atoms with Crippen molar-refractivity contribution in [3.8, 4) is 17.6 Å². The Balaban J connectivity index is 2.08. The fraction of sp³-hybridized carbons (Fsp3) is 0.533. The van der Waals surface area contributed by atoms with E-state index >= 15 is 0 Å². The SMILES string of the molecule is CCN(CC)CCNC1(C#N)COc2cc(O)ccc21. The zero-order valence-corrected chi connectivity index (χ0v) is 12.0. The van der Waals surface area contributed by atoms with Crippen LogP contribution in [0, 0.1) is 11.3 Å². The average molecular weight is 275 g/mol. The number of nitrogens with one attached hydrogen (secondary N) is 1. The minimum Gasteiger partial charge on any atom is -0.508 e. The van der Waals surface area contributed by atoms with Crippen molar-refractivity contribution in [3.63, 3.8) is 0 Å². The lowest BCUT2D eigenvalue weighted by Crippen LogP contribution is -2.46. The van der Waals surface area contributed by atoms with Crippen molar-refractivity contribution < 1.29 is 9.84 Å². The molecule has 0 aliphatic carbocycles. The first-order chi connectivity index (χ1) is 9.65. The topological polar surface area (TPSA) is 68.5 Å². The molecular formula is C15H21N3O2. The highest BCUT2D eigenvalue weighted by molar-refractivity contribution is 5.50. The number of rotatable bonds is 6. The molecule has 108 valence electrons. The van der Waals surface area contributed by atoms with Crippen molar-refractivity contribution in [3.05, 3.63) is 23.8 Å². The number of hydrogen-bond acceptors (Lipinski definition) is 5. The number of phenols is 1. The van der Waals surface area contributed by atoms with Crippen molar-refractivity contribution in [2.24, 2.45) is 0 Å². The number of benzene rings is 1. The van der Waals surface area contributed by atoms with E-state index < -0.39 is 5.54 Å². The highest BCUT2D eigenvalue weighted by Gasteiger charge is 2.40. The van der Waals surface area contributed by atoms with Crippen LogP contribution in [0.25, 0.3) is 0 Å². The number of fused-ring (bicyclic) bond motifs is 1. The lowest BCUT2D eigenvalue weighted by atomic mass is 9.93. The molecule has 5 nitrogen and oxygen atoms in total. The van der Waals surface area contributed by atoms with Gasteiger partial charge >= 0.3 is 0 Å². The Kier molecular flexibility index (Phi) is 4.48. The summed E-state index contributed by atoms with van der Waals surface area (Å²) in [5, 5.41) is 22.3. The van der Waals surface area contributed by atoms with Gasteiger partial charge in [-0.15, -0.1) is 0 Å². The standard InChI is InChI=1S/C15H21N3O2/c1-3-18(4-2)8-7-17-15(10-16)11-20-14-9-12(19)5-6-13(14)15/h5-6,9,17,19H,3-4,7-8,11H2,1-2H3. The van der Waals surface area contributed by atoms with Gasteiger partial charge < -0.3 is 14.7 Å². The van der Waals surface area contributed by atoms with Gasteiger partial charge in [0, 0.05) is 24.7 Å². The number of hydrogen-bond donors (Lipinski definition) is 2. The smallest absolute Gasteiger partial charge is 0.170 e. The maximum atomic E-state index is 9.54. The molecule has 2 N–H and O–H groups in total. The van der Waals surface area contributed by atoms with Crippen LogP contribution < -0.4 is 10.1 Å². The summed E-state index contributed by atoms with van der Waals surface area (Å²) in [5.74, 6) is 0.738. The molecule has 1 unspecified atom stereocenters. The predicted molar refractivity (Wildman–Crippen MR) is 76.7 cm³/mol. The van der Waals surface area contributed by atoms with E-state index in [1.807, 2.05) is 0 Å². The molecule has 20 heavy (non-hydrogen) atoms. The molecule has 0 fully saturated rings. The van der Waals surface area contributed by atoms with E-state index in [4.69, 9.17) is 4.74 Å². The highest BCUT2D eigenvalue weighted by atomic mass is 16.5. The summed E-state index contributed by atoms with van der Waals surface area (Å²) in [5.41, 5.74) is -0.00624. The molecule has 1 aromatic carbocycles. The van der Waals surface area contributed by atoms with Crippen LogP contribution in [-0.2, 0) is 5.54 Å². The molecule has 0 saturated heterocycles. The lowest BCUT2D eigenvalue weighted by Gasteiger charge is -2.24. The van der Waals surface area contributed by atoms with Crippen LogP contribution in [0.15, 0.2) is 18.2 Å². The lowest BCUT2D eigenvalue weighted by molar-refractivity contribution is 0.249. The van der Waals surface area contributed by atoms with Crippen LogP contribution in [0.4, 0.5) is 0 Å². The van der Waals surface area contributed by atoms with Crippen LogP contribution in [0.1, 0.15) is 19.4 Å². The summed E-state index contributed by atoms with van der Waals surface area (Å²) in [6.07, 6.45) is 0. The van der Waals surface area contributed by atoms with E-state index in [0.717, 1.165) is 31.7 Å². The maximum absolute atomic E-state index is 9.54. The molecule has 0 bridgehead atoms. The Morgan fingerprint density at radius 1 is 1.45 bits per heavy atom. The van der Waals surface area contributed by atoms with Gasteiger partial charge in [-0.1, -0.05) is 13.8 Å². The van der Waals surface area contributed by atoms with Gasteiger partial charge in [-0.05, 0) is 25.2 Å². The third kappa shape index (κ3) is 2.72. The summed E-state index contributed by atoms with van der Waals surface area (Å²) in [7, 11) is 0. The Labute approximate surface area is 119 Å². The second kappa shape index (κ2) is 6.12. The quantitative estimate of drug-likeness (QED) is 0.822. The Hall–Kier alpha value is -1.77. The molecule has 1 aliphatic heterocycles. The number of nitrogens with zero attached hydrogens (tertiary/aromatic N) is 2. The summed E-state index contributed by atoms with van der Waals surface area (Å²) < 4.78 is 5.54. The molecule has 1 aromatic rings. The molecule has 1 aliphatic rings. The van der Waals surface area contributed by atoms with Gasteiger partial charge in [-0.2, -0.15) is 5.26 Å². The second-order valence-corrected chi connectivity index (χ2v) is 4.94. The van der Waals surface area contributed by atoms with E-state index in [2.05, 4.69) is 30.1 Å². The van der Waals surface area contributed by atoms with Crippen molar-refractivity contribution in [2.45, 2.75) is 19.4 Å². The third-order valence-corrected chi connectivity index (χ3v) is 3.81. The van der Waals surface area contributed by atoms with Crippen molar-refractivity contribution in [1.82, 2.24) is 10.2 Å². The summed E-state index contributed by atoms with van der Waals surface area (Å²) in [6.45, 7) is 8.14. The normalized spacial score (nSPS) is 20.5. The summed E-state index contributed by atoms with van der Waals surface area (Å²) in [4.78, 5) is 2.30. The van der Waals surface area contributed by atoms with Gasteiger partial charge in [-0.3, -0.25) is 5.32 Å². The maximum Gasteiger partial charge on any atom is 0.170 e. The van der Waals surface area contributed by atoms with Crippen molar-refractivity contribution >= 4 is 0 Å². The zero-order chi connectivity index (χ0) is 14.6. The Morgan fingerprint density at radius 3 is 2.85 bits per heavy atom. The first-order valence-electron chi connectivity index (χ1n) is 7.00. The van der Waals surface area contributed by atoms with Gasteiger partial charge in [0.25, 0.3) is 0 Å². The minimum absolute atomic E-state index is 0.153. The number of nitriles is 1. The fourth-order valence-electron chi connectivity index (χ4n) is 2.49. The summed E-state index contributed by atoms with van der Waals surface area (Å²) >= 11 is 0. The second-order valence-electron chi connectivity index (χ2n) is 4.94. The van der Waals surface area contributed by atoms with E-state index in [1.54, 1.807) is 18.2 Å². The molecule has 0 amide bonds. The Bertz CT molecular complexity index is 508. The van der Waals surface area contributed by atoms with Gasteiger partial charge in [0.05, 0.1) is 6.07 Å². The fourth-order valence-corrected chi connectivity index (χ4v) is 2.49. The monoisotopic (exact) mass is 275 g/mol.